The van der Waals surface area contributed by atoms with Crippen molar-refractivity contribution < 1.29 is 9.90 Å². The lowest BCUT2D eigenvalue weighted by molar-refractivity contribution is 0.0882. The molecule has 14 heavy (non-hydrogen) atoms. The molecular formula is C8H11ClN2O3. The molecule has 1 aromatic heterocycles. The molecule has 0 aliphatic heterocycles. The summed E-state index contributed by atoms with van der Waals surface area (Å²) in [6, 6.07) is 1.27. The van der Waals surface area contributed by atoms with E-state index in [4.69, 9.17) is 11.6 Å². The zero-order chi connectivity index (χ0) is 10.7. The third-order valence-corrected chi connectivity index (χ3v) is 2.11. The largest absolute Gasteiger partial charge is 0.390 e. The number of aliphatic hydroxyl groups is 1. The third-order valence-electron chi connectivity index (χ3n) is 1.76. The van der Waals surface area contributed by atoms with Crippen LogP contribution in [0, 0.1) is 0 Å². The van der Waals surface area contributed by atoms with Gasteiger partial charge in [0, 0.05) is 19.2 Å². The lowest BCUT2D eigenvalue weighted by atomic mass is 10.4. The van der Waals surface area contributed by atoms with Gasteiger partial charge in [-0.2, -0.15) is 0 Å². The maximum absolute atomic E-state index is 11.2. The van der Waals surface area contributed by atoms with E-state index in [9.17, 15) is 14.7 Å². The summed E-state index contributed by atoms with van der Waals surface area (Å²) < 4.78 is 2.30. The SMILES string of the molecule is CC(=O)n1ccc(=O)n1C[C@H](O)CCl. The average Bonchev–Trinajstić information content (AvgIpc) is 2.48. The average molecular weight is 219 g/mol. The molecule has 1 rings (SSSR count). The topological polar surface area (TPSA) is 64.2 Å². The fourth-order valence-corrected chi connectivity index (χ4v) is 1.21. The number of hydrogen-bond donors (Lipinski definition) is 1. The molecule has 78 valence electrons. The van der Waals surface area contributed by atoms with Crippen molar-refractivity contribution >= 4 is 17.5 Å². The summed E-state index contributed by atoms with van der Waals surface area (Å²) in [5, 5.41) is 9.24. The number of rotatable bonds is 3. The molecule has 0 spiro atoms. The van der Waals surface area contributed by atoms with Gasteiger partial charge in [-0.1, -0.05) is 0 Å². The van der Waals surface area contributed by atoms with Crippen LogP contribution < -0.4 is 5.56 Å². The predicted molar refractivity (Wildman–Crippen MR) is 51.7 cm³/mol. The van der Waals surface area contributed by atoms with Gasteiger partial charge in [-0.15, -0.1) is 11.6 Å². The van der Waals surface area contributed by atoms with Crippen molar-refractivity contribution in [3.05, 3.63) is 22.6 Å². The molecule has 0 saturated carbocycles. The summed E-state index contributed by atoms with van der Waals surface area (Å²) in [7, 11) is 0. The van der Waals surface area contributed by atoms with Crippen LogP contribution in [0.3, 0.4) is 0 Å². The minimum Gasteiger partial charge on any atom is -0.390 e. The van der Waals surface area contributed by atoms with Crippen molar-refractivity contribution in [1.82, 2.24) is 9.36 Å². The Morgan fingerprint density at radius 1 is 1.71 bits per heavy atom. The molecule has 0 radical (unpaired) electrons. The number of carbonyl (C=O) groups excluding carboxylic acids is 1. The fraction of sp³-hybridized carbons (Fsp3) is 0.500. The first-order valence-corrected chi connectivity index (χ1v) is 4.63. The van der Waals surface area contributed by atoms with E-state index < -0.39 is 6.10 Å². The van der Waals surface area contributed by atoms with E-state index in [1.807, 2.05) is 0 Å². The van der Waals surface area contributed by atoms with Crippen LogP contribution >= 0.6 is 11.6 Å². The number of nitrogens with zero attached hydrogens (tertiary/aromatic N) is 2. The Labute approximate surface area is 85.5 Å². The molecule has 1 atom stereocenters. The molecule has 6 heteroatoms. The molecular weight excluding hydrogens is 208 g/mol. The van der Waals surface area contributed by atoms with Crippen LogP contribution in [0.2, 0.25) is 0 Å². The molecule has 0 unspecified atom stereocenters. The van der Waals surface area contributed by atoms with Gasteiger partial charge >= 0.3 is 0 Å². The van der Waals surface area contributed by atoms with Crippen LogP contribution in [-0.2, 0) is 6.54 Å². The van der Waals surface area contributed by atoms with Crippen molar-refractivity contribution in [2.24, 2.45) is 0 Å². The molecule has 1 heterocycles. The highest BCUT2D eigenvalue weighted by molar-refractivity contribution is 6.18. The number of alkyl halides is 1. The smallest absolute Gasteiger partial charge is 0.267 e. The van der Waals surface area contributed by atoms with Crippen molar-refractivity contribution in [2.75, 3.05) is 5.88 Å². The third kappa shape index (κ3) is 2.24. The van der Waals surface area contributed by atoms with Gasteiger partial charge in [-0.3, -0.25) is 9.59 Å². The van der Waals surface area contributed by atoms with Crippen molar-refractivity contribution in [2.45, 2.75) is 19.6 Å². The highest BCUT2D eigenvalue weighted by Crippen LogP contribution is 1.94. The Bertz CT molecular complexity index is 382. The highest BCUT2D eigenvalue weighted by atomic mass is 35.5. The second kappa shape index (κ2) is 4.43. The Morgan fingerprint density at radius 2 is 2.36 bits per heavy atom. The Kier molecular flexibility index (Phi) is 3.49. The Hall–Kier alpha value is -1.07. The van der Waals surface area contributed by atoms with Gasteiger partial charge in [0.05, 0.1) is 18.5 Å². The van der Waals surface area contributed by atoms with Gasteiger partial charge in [-0.05, 0) is 0 Å². The zero-order valence-electron chi connectivity index (χ0n) is 7.68. The predicted octanol–water partition coefficient (Wildman–Crippen LogP) is -0.0904. The summed E-state index contributed by atoms with van der Waals surface area (Å²) in [5.74, 6) is -0.260. The highest BCUT2D eigenvalue weighted by Gasteiger charge is 2.10. The minimum absolute atomic E-state index is 0.0227. The van der Waals surface area contributed by atoms with E-state index in [2.05, 4.69) is 0 Å². The van der Waals surface area contributed by atoms with Gasteiger partial charge in [0.15, 0.2) is 0 Å². The van der Waals surface area contributed by atoms with Crippen LogP contribution in [0.5, 0.6) is 0 Å². The molecule has 0 aromatic carbocycles. The van der Waals surface area contributed by atoms with Crippen LogP contribution in [0.25, 0.3) is 0 Å². The minimum atomic E-state index is -0.831. The number of aromatic nitrogens is 2. The molecule has 1 N–H and O–H groups in total. The van der Waals surface area contributed by atoms with Crippen LogP contribution in [-0.4, -0.2) is 32.4 Å². The number of halogens is 1. The maximum Gasteiger partial charge on any atom is 0.267 e. The van der Waals surface area contributed by atoms with Gasteiger partial charge < -0.3 is 5.11 Å². The number of hydrogen-bond acceptors (Lipinski definition) is 3. The fourth-order valence-electron chi connectivity index (χ4n) is 1.11. The monoisotopic (exact) mass is 218 g/mol. The second-order valence-electron chi connectivity index (χ2n) is 2.91. The van der Waals surface area contributed by atoms with Crippen molar-refractivity contribution in [3.8, 4) is 0 Å². The van der Waals surface area contributed by atoms with Gasteiger partial charge in [0.1, 0.15) is 0 Å². The van der Waals surface area contributed by atoms with Crippen LogP contribution in [0.4, 0.5) is 0 Å². The zero-order valence-corrected chi connectivity index (χ0v) is 8.44. The molecule has 0 amide bonds. The van der Waals surface area contributed by atoms with E-state index >= 15 is 0 Å². The lowest BCUT2D eigenvalue weighted by Gasteiger charge is -2.11. The van der Waals surface area contributed by atoms with E-state index in [-0.39, 0.29) is 23.9 Å². The molecule has 5 nitrogen and oxygen atoms in total. The number of carbonyl (C=O) groups is 1. The summed E-state index contributed by atoms with van der Waals surface area (Å²) in [6.07, 6.45) is 0.536. The first-order chi connectivity index (χ1) is 6.56. The molecule has 1 aromatic rings. The summed E-state index contributed by atoms with van der Waals surface area (Å²) in [6.45, 7) is 1.36. The van der Waals surface area contributed by atoms with E-state index in [1.54, 1.807) is 0 Å². The molecule has 0 aliphatic rings. The van der Waals surface area contributed by atoms with E-state index in [0.717, 1.165) is 9.36 Å². The maximum atomic E-state index is 11.2. The lowest BCUT2D eigenvalue weighted by Crippen LogP contribution is -2.31. The second-order valence-corrected chi connectivity index (χ2v) is 3.22. The summed E-state index contributed by atoms with van der Waals surface area (Å²) in [4.78, 5) is 22.3. The molecule has 0 fully saturated rings. The van der Waals surface area contributed by atoms with Gasteiger partial charge in [0.25, 0.3) is 5.56 Å². The first-order valence-electron chi connectivity index (χ1n) is 4.09. The van der Waals surface area contributed by atoms with Crippen LogP contribution in [0.1, 0.15) is 11.7 Å². The normalized spacial score (nSPS) is 12.8. The summed E-state index contributed by atoms with van der Waals surface area (Å²) in [5.41, 5.74) is -0.329. The van der Waals surface area contributed by atoms with E-state index in [1.165, 1.54) is 19.2 Å². The molecule has 0 saturated heterocycles. The number of aliphatic hydroxyl groups excluding tert-OH is 1. The Balaban J connectivity index is 3.00. The summed E-state index contributed by atoms with van der Waals surface area (Å²) >= 11 is 5.39. The quantitative estimate of drug-likeness (QED) is 0.722. The van der Waals surface area contributed by atoms with Gasteiger partial charge in [0.2, 0.25) is 5.91 Å². The van der Waals surface area contributed by atoms with Crippen molar-refractivity contribution in [1.29, 1.82) is 0 Å². The molecule has 0 aliphatic carbocycles. The van der Waals surface area contributed by atoms with E-state index in [0.29, 0.717) is 0 Å². The standard InChI is InChI=1S/C8H11ClN2O3/c1-6(12)10-3-2-8(14)11(10)5-7(13)4-9/h2-3,7,13H,4-5H2,1H3/t7-/m1/s1. The van der Waals surface area contributed by atoms with Gasteiger partial charge in [-0.25, -0.2) is 9.36 Å². The first kappa shape index (κ1) is 11.0. The van der Waals surface area contributed by atoms with Crippen LogP contribution in [0.15, 0.2) is 17.1 Å². The Morgan fingerprint density at radius 3 is 2.86 bits per heavy atom. The van der Waals surface area contributed by atoms with Crippen molar-refractivity contribution in [3.63, 3.8) is 0 Å². The molecule has 0 bridgehead atoms.